The van der Waals surface area contributed by atoms with E-state index in [-0.39, 0.29) is 18.2 Å². The van der Waals surface area contributed by atoms with Gasteiger partial charge in [0.2, 0.25) is 5.91 Å². The molecular formula is C25H26FN3O4S2. The molecule has 0 fully saturated rings. The maximum atomic E-state index is 14.1. The Morgan fingerprint density at radius 1 is 1.11 bits per heavy atom. The zero-order valence-electron chi connectivity index (χ0n) is 19.2. The molecule has 10 heteroatoms. The molecule has 2 aromatic carbocycles. The summed E-state index contributed by atoms with van der Waals surface area (Å²) >= 11 is 0. The molecule has 1 aliphatic heterocycles. The molecule has 0 bridgehead atoms. The van der Waals surface area contributed by atoms with Crippen LogP contribution in [0.25, 0.3) is 22.2 Å². The van der Waals surface area contributed by atoms with E-state index in [9.17, 15) is 18.8 Å². The molecule has 0 atom stereocenters. The number of hydrogen-bond donors (Lipinski definition) is 3. The zero-order valence-corrected chi connectivity index (χ0v) is 20.9. The number of H-pyrrole nitrogens is 1. The largest absolute Gasteiger partial charge is 0.481 e. The first-order valence-corrected chi connectivity index (χ1v) is 13.7. The summed E-state index contributed by atoms with van der Waals surface area (Å²) in [6.07, 6.45) is 1.16. The molecule has 4 rings (SSSR count). The summed E-state index contributed by atoms with van der Waals surface area (Å²) in [6.45, 7) is 0.958. The third-order valence-corrected chi connectivity index (χ3v) is 8.25. The summed E-state index contributed by atoms with van der Waals surface area (Å²) in [6, 6.07) is 10.6. The molecular weight excluding hydrogens is 489 g/mol. The van der Waals surface area contributed by atoms with E-state index in [0.29, 0.717) is 48.5 Å². The highest BCUT2D eigenvalue weighted by Crippen LogP contribution is 2.35. The zero-order chi connectivity index (χ0) is 24.9. The molecule has 0 aliphatic carbocycles. The van der Waals surface area contributed by atoms with E-state index in [1.54, 1.807) is 11.9 Å². The molecule has 0 unspecified atom stereocenters. The molecule has 35 heavy (non-hydrogen) atoms. The standard InChI is InChI=1S/C25H26FN3O4S2/c1-29(21(30)7-10-34-35-11-8-22(31)32)14-15-2-4-16(5-3-15)24-18-6-9-27-25(33)19-12-17(26)13-20(28-24)23(18)19/h2-5,12-13,28H,6-11,14H2,1H3,(H,27,33)(H,31,32). The van der Waals surface area contributed by atoms with Gasteiger partial charge in [0, 0.05) is 54.7 Å². The molecule has 0 spiro atoms. The van der Waals surface area contributed by atoms with Gasteiger partial charge < -0.3 is 20.3 Å². The number of nitrogens with zero attached hydrogens (tertiary/aromatic N) is 1. The lowest BCUT2D eigenvalue weighted by Crippen LogP contribution is -2.26. The van der Waals surface area contributed by atoms with Gasteiger partial charge in [-0.3, -0.25) is 14.4 Å². The Hall–Kier alpha value is -2.98. The molecule has 3 N–H and O–H groups in total. The molecule has 0 saturated heterocycles. The summed E-state index contributed by atoms with van der Waals surface area (Å²) in [7, 11) is 4.75. The third-order valence-electron chi connectivity index (χ3n) is 5.84. The fourth-order valence-electron chi connectivity index (χ4n) is 4.14. The highest BCUT2D eigenvalue weighted by molar-refractivity contribution is 8.76. The van der Waals surface area contributed by atoms with Crippen molar-refractivity contribution in [2.75, 3.05) is 25.1 Å². The highest BCUT2D eigenvalue weighted by atomic mass is 33.1. The first-order chi connectivity index (χ1) is 16.8. The van der Waals surface area contributed by atoms with Crippen molar-refractivity contribution in [1.29, 1.82) is 0 Å². The van der Waals surface area contributed by atoms with Crippen LogP contribution in [-0.4, -0.2) is 57.9 Å². The number of aromatic amines is 1. The molecule has 1 aliphatic rings. The number of halogens is 1. The SMILES string of the molecule is CN(Cc1ccc(-c2[nH]c3cc(F)cc4c3c2CCNC4=O)cc1)C(=O)CCSSCCC(=O)O. The number of aliphatic carboxylic acids is 1. The van der Waals surface area contributed by atoms with Crippen LogP contribution in [0.3, 0.4) is 0 Å². The summed E-state index contributed by atoms with van der Waals surface area (Å²) in [5.74, 6) is -0.343. The summed E-state index contributed by atoms with van der Waals surface area (Å²) in [5.41, 5.74) is 4.74. The second-order valence-electron chi connectivity index (χ2n) is 8.34. The fraction of sp³-hybridized carbons (Fsp3) is 0.320. The monoisotopic (exact) mass is 515 g/mol. The molecule has 184 valence electrons. The lowest BCUT2D eigenvalue weighted by Gasteiger charge is -2.17. The van der Waals surface area contributed by atoms with Crippen molar-refractivity contribution in [3.05, 3.63) is 58.9 Å². The molecule has 2 heterocycles. The molecule has 1 aromatic heterocycles. The molecule has 0 radical (unpaired) electrons. The smallest absolute Gasteiger partial charge is 0.304 e. The van der Waals surface area contributed by atoms with Gasteiger partial charge >= 0.3 is 5.97 Å². The summed E-state index contributed by atoms with van der Waals surface area (Å²) in [5, 5.41) is 12.2. The maximum Gasteiger partial charge on any atom is 0.304 e. The second-order valence-corrected chi connectivity index (χ2v) is 11.0. The van der Waals surface area contributed by atoms with Gasteiger partial charge in [-0.25, -0.2) is 4.39 Å². The van der Waals surface area contributed by atoms with E-state index >= 15 is 0 Å². The quantitative estimate of drug-likeness (QED) is 0.272. The number of hydrogen-bond acceptors (Lipinski definition) is 5. The fourth-order valence-corrected chi connectivity index (χ4v) is 6.10. The topological polar surface area (TPSA) is 103 Å². The van der Waals surface area contributed by atoms with E-state index < -0.39 is 11.8 Å². The Morgan fingerprint density at radius 2 is 1.83 bits per heavy atom. The minimum absolute atomic E-state index is 0.0310. The van der Waals surface area contributed by atoms with Gasteiger partial charge in [-0.15, -0.1) is 0 Å². The predicted molar refractivity (Wildman–Crippen MR) is 138 cm³/mol. The highest BCUT2D eigenvalue weighted by Gasteiger charge is 2.23. The van der Waals surface area contributed by atoms with Gasteiger partial charge in [0.05, 0.1) is 12.0 Å². The minimum Gasteiger partial charge on any atom is -0.481 e. The first kappa shape index (κ1) is 25.1. The van der Waals surface area contributed by atoms with Crippen molar-refractivity contribution in [2.24, 2.45) is 0 Å². The molecule has 0 saturated carbocycles. The Kier molecular flexibility index (Phi) is 8.02. The van der Waals surface area contributed by atoms with E-state index in [1.165, 1.54) is 33.7 Å². The molecule has 3 aromatic rings. The van der Waals surface area contributed by atoms with Crippen LogP contribution in [0.5, 0.6) is 0 Å². The Labute approximate surface area is 210 Å². The van der Waals surface area contributed by atoms with Gasteiger partial charge in [0.15, 0.2) is 0 Å². The van der Waals surface area contributed by atoms with Crippen LogP contribution in [0.2, 0.25) is 0 Å². The first-order valence-electron chi connectivity index (χ1n) is 11.2. The van der Waals surface area contributed by atoms with Gasteiger partial charge in [-0.1, -0.05) is 45.9 Å². The maximum absolute atomic E-state index is 14.1. The average molecular weight is 516 g/mol. The lowest BCUT2D eigenvalue weighted by molar-refractivity contribution is -0.136. The number of benzene rings is 2. The number of amides is 2. The number of carboxylic acid groups (broad SMARTS) is 1. The van der Waals surface area contributed by atoms with Crippen molar-refractivity contribution in [3.63, 3.8) is 0 Å². The van der Waals surface area contributed by atoms with E-state index in [2.05, 4.69) is 10.3 Å². The van der Waals surface area contributed by atoms with Gasteiger partial charge in [-0.05, 0) is 35.2 Å². The normalized spacial score (nSPS) is 12.9. The van der Waals surface area contributed by atoms with Crippen molar-refractivity contribution >= 4 is 50.3 Å². The van der Waals surface area contributed by atoms with E-state index in [1.807, 2.05) is 24.3 Å². The van der Waals surface area contributed by atoms with E-state index in [0.717, 1.165) is 27.8 Å². The predicted octanol–water partition coefficient (Wildman–Crippen LogP) is 4.46. The van der Waals surface area contributed by atoms with Crippen molar-refractivity contribution in [3.8, 4) is 11.3 Å². The Bertz CT molecular complexity index is 1260. The van der Waals surface area contributed by atoms with Gasteiger partial charge in [0.1, 0.15) is 5.82 Å². The van der Waals surface area contributed by atoms with Crippen LogP contribution in [0, 0.1) is 5.82 Å². The summed E-state index contributed by atoms with van der Waals surface area (Å²) in [4.78, 5) is 40.3. The van der Waals surface area contributed by atoms with Crippen molar-refractivity contribution < 1.29 is 23.9 Å². The van der Waals surface area contributed by atoms with Crippen molar-refractivity contribution in [1.82, 2.24) is 15.2 Å². The average Bonchev–Trinajstić information content (AvgIpc) is 3.09. The third kappa shape index (κ3) is 5.99. The summed E-state index contributed by atoms with van der Waals surface area (Å²) < 4.78 is 14.1. The van der Waals surface area contributed by atoms with Crippen LogP contribution in [0.4, 0.5) is 4.39 Å². The van der Waals surface area contributed by atoms with Crippen molar-refractivity contribution in [2.45, 2.75) is 25.8 Å². The number of carboxylic acids is 1. The number of carbonyl (C=O) groups excluding carboxylic acids is 2. The Morgan fingerprint density at radius 3 is 2.54 bits per heavy atom. The number of carbonyl (C=O) groups is 3. The van der Waals surface area contributed by atoms with Crippen LogP contribution in [0.1, 0.15) is 34.3 Å². The van der Waals surface area contributed by atoms with Gasteiger partial charge in [0.25, 0.3) is 5.91 Å². The van der Waals surface area contributed by atoms with Gasteiger partial charge in [-0.2, -0.15) is 0 Å². The lowest BCUT2D eigenvalue weighted by atomic mass is 9.99. The minimum atomic E-state index is -0.815. The van der Waals surface area contributed by atoms with E-state index in [4.69, 9.17) is 5.11 Å². The van der Waals surface area contributed by atoms with Crippen LogP contribution < -0.4 is 5.32 Å². The number of aromatic nitrogens is 1. The van der Waals surface area contributed by atoms with Crippen LogP contribution in [-0.2, 0) is 22.6 Å². The Balaban J connectivity index is 1.41. The molecule has 2 amide bonds. The van der Waals surface area contributed by atoms with Crippen LogP contribution >= 0.6 is 21.6 Å². The van der Waals surface area contributed by atoms with Crippen LogP contribution in [0.15, 0.2) is 36.4 Å². The number of rotatable bonds is 10. The molecule has 7 nitrogen and oxygen atoms in total. The second kappa shape index (κ2) is 11.2. The number of nitrogens with one attached hydrogen (secondary N) is 2.